The van der Waals surface area contributed by atoms with Gasteiger partial charge >= 0.3 is 0 Å². The number of thioether (sulfide) groups is 1. The third-order valence-corrected chi connectivity index (χ3v) is 5.06. The molecular weight excluding hydrogens is 340 g/mol. The van der Waals surface area contributed by atoms with Gasteiger partial charge in [-0.3, -0.25) is 4.90 Å². The zero-order valence-corrected chi connectivity index (χ0v) is 14.5. The second-order valence-corrected chi connectivity index (χ2v) is 6.72. The summed E-state index contributed by atoms with van der Waals surface area (Å²) in [5, 5.41) is 0. The highest BCUT2D eigenvalue weighted by Gasteiger charge is 2.24. The summed E-state index contributed by atoms with van der Waals surface area (Å²) in [4.78, 5) is 2.32. The molecule has 0 amide bonds. The van der Waals surface area contributed by atoms with Crippen LogP contribution in [0.25, 0.3) is 0 Å². The minimum Gasteiger partial charge on any atom is -0.454 e. The van der Waals surface area contributed by atoms with Gasteiger partial charge in [0.25, 0.3) is 0 Å². The molecule has 0 bridgehead atoms. The van der Waals surface area contributed by atoms with Crippen molar-refractivity contribution in [3.63, 3.8) is 0 Å². The number of benzene rings is 1. The van der Waals surface area contributed by atoms with Crippen molar-refractivity contribution in [3.05, 3.63) is 22.2 Å². The standard InChI is InChI=1S/C14H21BrN2O2S/c1-9(7-20-3)17(2)12(6-16)10-4-11(15)14-13(5-10)18-8-19-14/h4-5,9,12H,6-8,16H2,1-3H3. The van der Waals surface area contributed by atoms with Gasteiger partial charge in [-0.25, -0.2) is 0 Å². The van der Waals surface area contributed by atoms with Gasteiger partial charge in [-0.05, 0) is 53.9 Å². The van der Waals surface area contributed by atoms with E-state index in [1.165, 1.54) is 0 Å². The van der Waals surface area contributed by atoms with Crippen LogP contribution in [0.3, 0.4) is 0 Å². The lowest BCUT2D eigenvalue weighted by atomic mass is 10.0. The molecule has 6 heteroatoms. The van der Waals surface area contributed by atoms with E-state index in [0.717, 1.165) is 27.3 Å². The zero-order valence-electron chi connectivity index (χ0n) is 12.1. The fourth-order valence-corrected chi connectivity index (χ4v) is 3.67. The maximum atomic E-state index is 6.00. The Bertz CT molecular complexity index is 473. The first-order chi connectivity index (χ1) is 9.58. The third kappa shape index (κ3) is 3.24. The zero-order chi connectivity index (χ0) is 14.7. The van der Waals surface area contributed by atoms with Crippen LogP contribution in [-0.2, 0) is 0 Å². The van der Waals surface area contributed by atoms with Crippen molar-refractivity contribution in [1.82, 2.24) is 4.90 Å². The van der Waals surface area contributed by atoms with E-state index >= 15 is 0 Å². The molecule has 0 spiro atoms. The highest BCUT2D eigenvalue weighted by atomic mass is 79.9. The Morgan fingerprint density at radius 1 is 1.45 bits per heavy atom. The molecule has 4 nitrogen and oxygen atoms in total. The molecule has 2 rings (SSSR count). The topological polar surface area (TPSA) is 47.7 Å². The molecule has 2 atom stereocenters. The number of nitrogens with two attached hydrogens (primary N) is 1. The molecular formula is C14H21BrN2O2S. The van der Waals surface area contributed by atoms with Gasteiger partial charge in [0.05, 0.1) is 4.47 Å². The summed E-state index contributed by atoms with van der Waals surface area (Å²) in [6.07, 6.45) is 2.12. The maximum Gasteiger partial charge on any atom is 0.231 e. The second kappa shape index (κ2) is 7.02. The molecule has 0 aromatic heterocycles. The Morgan fingerprint density at radius 2 is 2.20 bits per heavy atom. The van der Waals surface area contributed by atoms with Gasteiger partial charge < -0.3 is 15.2 Å². The number of likely N-dealkylation sites (N-methyl/N-ethyl adjacent to an activating group) is 1. The summed E-state index contributed by atoms with van der Waals surface area (Å²) in [6, 6.07) is 4.74. The van der Waals surface area contributed by atoms with Crippen LogP contribution < -0.4 is 15.2 Å². The first kappa shape index (κ1) is 15.9. The molecule has 1 aliphatic heterocycles. The second-order valence-electron chi connectivity index (χ2n) is 4.96. The summed E-state index contributed by atoms with van der Waals surface area (Å²) in [5.41, 5.74) is 7.15. The maximum absolute atomic E-state index is 6.00. The van der Waals surface area contributed by atoms with Crippen LogP contribution in [0.1, 0.15) is 18.5 Å². The van der Waals surface area contributed by atoms with Gasteiger partial charge in [0, 0.05) is 24.4 Å². The van der Waals surface area contributed by atoms with Crippen LogP contribution in [0, 0.1) is 0 Å². The first-order valence-electron chi connectivity index (χ1n) is 6.58. The molecule has 20 heavy (non-hydrogen) atoms. The predicted molar refractivity (Wildman–Crippen MR) is 87.7 cm³/mol. The van der Waals surface area contributed by atoms with Crippen molar-refractivity contribution >= 4 is 27.7 Å². The van der Waals surface area contributed by atoms with Gasteiger partial charge in [-0.15, -0.1) is 0 Å². The van der Waals surface area contributed by atoms with Gasteiger partial charge in [-0.1, -0.05) is 0 Å². The molecule has 1 heterocycles. The first-order valence-corrected chi connectivity index (χ1v) is 8.77. The van der Waals surface area contributed by atoms with Gasteiger partial charge in [0.15, 0.2) is 11.5 Å². The predicted octanol–water partition coefficient (Wildman–Crippen LogP) is 2.86. The number of nitrogens with zero attached hydrogens (tertiary/aromatic N) is 1. The van der Waals surface area contributed by atoms with E-state index in [4.69, 9.17) is 15.2 Å². The van der Waals surface area contributed by atoms with E-state index in [1.54, 1.807) is 0 Å². The lowest BCUT2D eigenvalue weighted by molar-refractivity contribution is 0.173. The molecule has 1 aliphatic rings. The summed E-state index contributed by atoms with van der Waals surface area (Å²) in [7, 11) is 2.12. The van der Waals surface area contributed by atoms with Crippen molar-refractivity contribution in [2.24, 2.45) is 5.73 Å². The van der Waals surface area contributed by atoms with Crippen LogP contribution >= 0.6 is 27.7 Å². The van der Waals surface area contributed by atoms with Crippen molar-refractivity contribution in [2.45, 2.75) is 19.0 Å². The van der Waals surface area contributed by atoms with E-state index in [9.17, 15) is 0 Å². The summed E-state index contributed by atoms with van der Waals surface area (Å²) < 4.78 is 11.8. The largest absolute Gasteiger partial charge is 0.454 e. The fourth-order valence-electron chi connectivity index (χ4n) is 2.38. The molecule has 1 aromatic carbocycles. The van der Waals surface area contributed by atoms with Crippen LogP contribution in [0.2, 0.25) is 0 Å². The van der Waals surface area contributed by atoms with Crippen molar-refractivity contribution in [1.29, 1.82) is 0 Å². The number of hydrogen-bond donors (Lipinski definition) is 1. The van der Waals surface area contributed by atoms with Crippen molar-refractivity contribution in [2.75, 3.05) is 32.4 Å². The molecule has 0 aliphatic carbocycles. The van der Waals surface area contributed by atoms with Gasteiger partial charge in [0.2, 0.25) is 6.79 Å². The number of rotatable bonds is 6. The van der Waals surface area contributed by atoms with Crippen LogP contribution in [0.4, 0.5) is 0 Å². The molecule has 0 saturated heterocycles. The molecule has 2 N–H and O–H groups in total. The lowest BCUT2D eigenvalue weighted by Crippen LogP contribution is -2.38. The monoisotopic (exact) mass is 360 g/mol. The molecule has 112 valence electrons. The van der Waals surface area contributed by atoms with E-state index < -0.39 is 0 Å². The van der Waals surface area contributed by atoms with Crippen LogP contribution in [-0.4, -0.2) is 43.3 Å². The van der Waals surface area contributed by atoms with Crippen molar-refractivity contribution in [3.8, 4) is 11.5 Å². The van der Waals surface area contributed by atoms with E-state index in [2.05, 4.69) is 47.1 Å². The number of halogens is 1. The SMILES string of the molecule is CSCC(C)N(C)C(CN)c1cc(Br)c2c(c1)OCO2. The van der Waals surface area contributed by atoms with Crippen LogP contribution in [0.15, 0.2) is 16.6 Å². The molecule has 2 unspecified atom stereocenters. The smallest absolute Gasteiger partial charge is 0.231 e. The number of hydrogen-bond acceptors (Lipinski definition) is 5. The average molecular weight is 361 g/mol. The van der Waals surface area contributed by atoms with Crippen molar-refractivity contribution < 1.29 is 9.47 Å². The fraction of sp³-hybridized carbons (Fsp3) is 0.571. The lowest BCUT2D eigenvalue weighted by Gasteiger charge is -2.32. The normalized spacial score (nSPS) is 16.5. The highest BCUT2D eigenvalue weighted by Crippen LogP contribution is 2.41. The Balaban J connectivity index is 2.26. The minimum atomic E-state index is 0.169. The molecule has 1 aromatic rings. The summed E-state index contributed by atoms with van der Waals surface area (Å²) in [6.45, 7) is 3.08. The van der Waals surface area contributed by atoms with Crippen LogP contribution in [0.5, 0.6) is 11.5 Å². The van der Waals surface area contributed by atoms with E-state index in [1.807, 2.05) is 17.8 Å². The molecule has 0 radical (unpaired) electrons. The van der Waals surface area contributed by atoms with Gasteiger partial charge in [0.1, 0.15) is 0 Å². The number of ether oxygens (including phenoxy) is 2. The Hall–Kier alpha value is -0.430. The summed E-state index contributed by atoms with van der Waals surface area (Å²) in [5.74, 6) is 2.65. The number of fused-ring (bicyclic) bond motifs is 1. The Kier molecular flexibility index (Phi) is 5.60. The molecule has 0 fully saturated rings. The minimum absolute atomic E-state index is 0.169. The van der Waals surface area contributed by atoms with Gasteiger partial charge in [-0.2, -0.15) is 11.8 Å². The van der Waals surface area contributed by atoms with E-state index in [-0.39, 0.29) is 12.8 Å². The molecule has 0 saturated carbocycles. The average Bonchev–Trinajstić information content (AvgIpc) is 2.88. The third-order valence-electron chi connectivity index (χ3n) is 3.65. The van der Waals surface area contributed by atoms with E-state index in [0.29, 0.717) is 12.6 Å². The quantitative estimate of drug-likeness (QED) is 0.844. The Labute approximate surface area is 133 Å². The summed E-state index contributed by atoms with van der Waals surface area (Å²) >= 11 is 5.39. The highest BCUT2D eigenvalue weighted by molar-refractivity contribution is 9.10. The Morgan fingerprint density at radius 3 is 2.85 bits per heavy atom.